The van der Waals surface area contributed by atoms with Crippen molar-refractivity contribution < 1.29 is 23.0 Å². The van der Waals surface area contributed by atoms with Crippen molar-refractivity contribution in [2.45, 2.75) is 51.0 Å². The summed E-state index contributed by atoms with van der Waals surface area (Å²) in [5.74, 6) is -2.42. The number of halogens is 3. The molecule has 36 heavy (non-hydrogen) atoms. The Kier molecular flexibility index (Phi) is 11.5. The Hall–Kier alpha value is -3.31. The number of benzene rings is 2. The second-order valence-electron chi connectivity index (χ2n) is 8.68. The van der Waals surface area contributed by atoms with Gasteiger partial charge in [-0.1, -0.05) is 74.7 Å². The molecule has 2 aromatic carbocycles. The lowest BCUT2D eigenvalue weighted by Gasteiger charge is -2.26. The monoisotopic (exact) mass is 496 g/mol. The van der Waals surface area contributed by atoms with Gasteiger partial charge in [0, 0.05) is 5.56 Å². The van der Waals surface area contributed by atoms with Crippen LogP contribution in [0.25, 0.3) is 17.2 Å². The van der Waals surface area contributed by atoms with Crippen molar-refractivity contribution in [2.75, 3.05) is 7.11 Å². The summed E-state index contributed by atoms with van der Waals surface area (Å²) in [6.07, 6.45) is 9.73. The highest BCUT2D eigenvalue weighted by molar-refractivity contribution is 5.67. The molecule has 1 fully saturated rings. The van der Waals surface area contributed by atoms with Crippen molar-refractivity contribution in [3.63, 3.8) is 0 Å². The van der Waals surface area contributed by atoms with E-state index in [0.29, 0.717) is 42.4 Å². The van der Waals surface area contributed by atoms with Gasteiger partial charge in [-0.3, -0.25) is 0 Å². The largest absolute Gasteiger partial charge is 0.494 e. The topological polar surface area (TPSA) is 29.5 Å². The Morgan fingerprint density at radius 2 is 1.64 bits per heavy atom. The Morgan fingerprint density at radius 3 is 2.19 bits per heavy atom. The van der Waals surface area contributed by atoms with Gasteiger partial charge < -0.3 is 9.84 Å². The van der Waals surface area contributed by atoms with Crippen LogP contribution in [0.3, 0.4) is 0 Å². The Labute approximate surface area is 212 Å². The van der Waals surface area contributed by atoms with Crippen molar-refractivity contribution in [1.82, 2.24) is 0 Å². The maximum Gasteiger partial charge on any atom is 0.166 e. The lowest BCUT2D eigenvalue weighted by molar-refractivity contribution is 0.122. The van der Waals surface area contributed by atoms with E-state index in [-0.39, 0.29) is 23.3 Å². The lowest BCUT2D eigenvalue weighted by Crippen LogP contribution is -2.18. The van der Waals surface area contributed by atoms with E-state index in [0.717, 1.165) is 12.0 Å². The van der Waals surface area contributed by atoms with Gasteiger partial charge in [0.25, 0.3) is 0 Å². The van der Waals surface area contributed by atoms with Gasteiger partial charge in [-0.2, -0.15) is 0 Å². The van der Waals surface area contributed by atoms with E-state index < -0.39 is 17.5 Å². The van der Waals surface area contributed by atoms with Gasteiger partial charge >= 0.3 is 0 Å². The molecule has 3 rings (SSSR count). The summed E-state index contributed by atoms with van der Waals surface area (Å²) in [4.78, 5) is 0. The zero-order chi connectivity index (χ0) is 26.7. The molecule has 0 aliphatic heterocycles. The lowest BCUT2D eigenvalue weighted by atomic mass is 9.82. The van der Waals surface area contributed by atoms with E-state index >= 15 is 0 Å². The average Bonchev–Trinajstić information content (AvgIpc) is 2.89. The third kappa shape index (κ3) is 8.13. The summed E-state index contributed by atoms with van der Waals surface area (Å²) in [7, 11) is 1.33. The smallest absolute Gasteiger partial charge is 0.166 e. The molecule has 0 atom stereocenters. The summed E-state index contributed by atoms with van der Waals surface area (Å²) in [5.41, 5.74) is 2.36. The van der Waals surface area contributed by atoms with E-state index in [2.05, 4.69) is 26.7 Å². The maximum atomic E-state index is 14.8. The van der Waals surface area contributed by atoms with Gasteiger partial charge in [0.15, 0.2) is 17.5 Å². The highest BCUT2D eigenvalue weighted by atomic mass is 19.2. The SMILES string of the molecule is C=C(/C=C/c1ccc(-c2ccc(C3CCC(O)CC3)c(F)c2F)cc1)/C=C(/F)C(=C)OC.C=CCC. The van der Waals surface area contributed by atoms with Crippen LogP contribution in [0.15, 0.2) is 91.5 Å². The molecule has 1 N–H and O–H groups in total. The van der Waals surface area contributed by atoms with Gasteiger partial charge in [0.2, 0.25) is 0 Å². The Morgan fingerprint density at radius 1 is 1.03 bits per heavy atom. The maximum absolute atomic E-state index is 14.8. The molecule has 0 saturated heterocycles. The number of aliphatic hydroxyl groups is 1. The van der Waals surface area contributed by atoms with Crippen LogP contribution in [-0.4, -0.2) is 18.3 Å². The van der Waals surface area contributed by atoms with Crippen molar-refractivity contribution in [1.29, 1.82) is 0 Å². The summed E-state index contributed by atoms with van der Waals surface area (Å²) in [6.45, 7) is 12.7. The van der Waals surface area contributed by atoms with Crippen molar-refractivity contribution in [2.24, 2.45) is 0 Å². The fourth-order valence-electron chi connectivity index (χ4n) is 3.86. The van der Waals surface area contributed by atoms with Gasteiger partial charge in [-0.25, -0.2) is 13.2 Å². The van der Waals surface area contributed by atoms with Crippen molar-refractivity contribution in [3.8, 4) is 11.1 Å². The molecule has 2 aromatic rings. The van der Waals surface area contributed by atoms with E-state index in [1.165, 1.54) is 13.2 Å². The number of methoxy groups -OCH3 is 1. The van der Waals surface area contributed by atoms with Crippen LogP contribution >= 0.6 is 0 Å². The number of ether oxygens (including phenoxy) is 1. The molecule has 192 valence electrons. The first kappa shape index (κ1) is 28.9. The minimum absolute atomic E-state index is 0.0671. The molecule has 1 aliphatic carbocycles. The van der Waals surface area contributed by atoms with Gasteiger partial charge in [-0.05, 0) is 66.4 Å². The number of aliphatic hydroxyl groups excluding tert-OH is 1. The van der Waals surface area contributed by atoms with E-state index in [1.54, 1.807) is 48.6 Å². The number of hydrogen-bond donors (Lipinski definition) is 1. The van der Waals surface area contributed by atoms with Crippen LogP contribution in [0.4, 0.5) is 13.2 Å². The third-order valence-electron chi connectivity index (χ3n) is 6.07. The summed E-state index contributed by atoms with van der Waals surface area (Å²) >= 11 is 0. The first-order chi connectivity index (χ1) is 17.2. The summed E-state index contributed by atoms with van der Waals surface area (Å²) in [5, 5.41) is 9.65. The van der Waals surface area contributed by atoms with Crippen LogP contribution in [0.2, 0.25) is 0 Å². The van der Waals surface area contributed by atoms with E-state index in [9.17, 15) is 18.3 Å². The van der Waals surface area contributed by atoms with Gasteiger partial charge in [0.05, 0.1) is 13.2 Å². The normalized spacial score (nSPS) is 17.8. The quantitative estimate of drug-likeness (QED) is 0.225. The van der Waals surface area contributed by atoms with Crippen LogP contribution in [0.1, 0.15) is 56.1 Å². The highest BCUT2D eigenvalue weighted by Gasteiger charge is 2.25. The molecule has 0 unspecified atom stereocenters. The second kappa shape index (κ2) is 14.3. The predicted octanol–water partition coefficient (Wildman–Crippen LogP) is 8.82. The molecule has 0 aromatic heterocycles. The average molecular weight is 497 g/mol. The molecular formula is C31H35F3O2. The molecule has 0 amide bonds. The first-order valence-electron chi connectivity index (χ1n) is 12.1. The molecule has 0 bridgehead atoms. The van der Waals surface area contributed by atoms with Gasteiger partial charge in [-0.15, -0.1) is 6.58 Å². The molecular weight excluding hydrogens is 461 g/mol. The molecule has 5 heteroatoms. The van der Waals surface area contributed by atoms with Crippen LogP contribution in [0, 0.1) is 11.6 Å². The zero-order valence-electron chi connectivity index (χ0n) is 21.1. The van der Waals surface area contributed by atoms with E-state index in [4.69, 9.17) is 4.74 Å². The Balaban J connectivity index is 0.00000106. The van der Waals surface area contributed by atoms with Crippen LogP contribution in [0.5, 0.6) is 0 Å². The molecule has 0 spiro atoms. The fourth-order valence-corrected chi connectivity index (χ4v) is 3.86. The zero-order valence-corrected chi connectivity index (χ0v) is 21.1. The molecule has 0 heterocycles. The molecule has 2 nitrogen and oxygen atoms in total. The predicted molar refractivity (Wildman–Crippen MR) is 143 cm³/mol. The standard InChI is InChI=1S/C27H27F3O2.C4H8/c1-17(16-25(28)18(2)32-3)4-5-19-6-8-20(9-7-19)23-14-15-24(27(30)26(23)29)21-10-12-22(31)13-11-21;1-3-4-2/h4-9,14-16,21-22,31H,1-2,10-13H2,3H3;3H,1,4H2,2H3/b5-4+,25-16+;. The van der Waals surface area contributed by atoms with E-state index in [1.807, 2.05) is 6.08 Å². The second-order valence-corrected chi connectivity index (χ2v) is 8.68. The number of allylic oxidation sites excluding steroid dienone is 5. The minimum Gasteiger partial charge on any atom is -0.494 e. The summed E-state index contributed by atoms with van der Waals surface area (Å²) in [6, 6.07) is 10.2. The molecule has 1 saturated carbocycles. The van der Waals surface area contributed by atoms with Gasteiger partial charge in [0.1, 0.15) is 5.76 Å². The number of rotatable bonds is 8. The fraction of sp³-hybridized carbons (Fsp3) is 0.290. The minimum atomic E-state index is -0.857. The molecule has 0 radical (unpaired) electrons. The third-order valence-corrected chi connectivity index (χ3v) is 6.07. The molecule has 1 aliphatic rings. The van der Waals surface area contributed by atoms with Crippen molar-refractivity contribution >= 4 is 6.08 Å². The van der Waals surface area contributed by atoms with Crippen molar-refractivity contribution in [3.05, 3.63) is 114 Å². The first-order valence-corrected chi connectivity index (χ1v) is 12.1. The Bertz CT molecular complexity index is 1110. The van der Waals surface area contributed by atoms with Crippen LogP contribution < -0.4 is 0 Å². The van der Waals surface area contributed by atoms with Crippen LogP contribution in [-0.2, 0) is 4.74 Å². The summed E-state index contributed by atoms with van der Waals surface area (Å²) < 4.78 is 48.1. The highest BCUT2D eigenvalue weighted by Crippen LogP contribution is 2.37. The number of hydrogen-bond acceptors (Lipinski definition) is 2.